The minimum absolute atomic E-state index is 0.155. The van der Waals surface area contributed by atoms with Gasteiger partial charge in [0, 0.05) is 0 Å². The Morgan fingerprint density at radius 1 is 0.667 bits per heavy atom. The van der Waals surface area contributed by atoms with E-state index < -0.39 is 0 Å². The van der Waals surface area contributed by atoms with Gasteiger partial charge in [0.2, 0.25) is 0 Å². The minimum Gasteiger partial charge on any atom is -0.360 e. The molecule has 4 rings (SSSR count). The van der Waals surface area contributed by atoms with E-state index in [9.17, 15) is 0 Å². The molecule has 3 aromatic carbocycles. The predicted molar refractivity (Wildman–Crippen MR) is 98.6 cm³/mol. The zero-order valence-corrected chi connectivity index (χ0v) is 13.7. The van der Waals surface area contributed by atoms with Crippen LogP contribution < -0.4 is 0 Å². The zero-order valence-electron chi connectivity index (χ0n) is 13.7. The Morgan fingerprint density at radius 3 is 1.62 bits per heavy atom. The standard InChI is InChI=1S/C23H20O/c1-17(22-23(24-22)20-15-9-4-10-16-20)21(18-11-5-2-6-12-18)19-13-7-3-8-14-19/h2-16,22-23H,1H3/t22-,23+/m0/s1. The van der Waals surface area contributed by atoms with Crippen LogP contribution in [0.3, 0.4) is 0 Å². The molecule has 1 aliphatic rings. The summed E-state index contributed by atoms with van der Waals surface area (Å²) in [6.07, 6.45) is 0.330. The highest BCUT2D eigenvalue weighted by molar-refractivity contribution is 5.82. The second-order valence-electron chi connectivity index (χ2n) is 6.18. The molecular formula is C23H20O. The zero-order chi connectivity index (χ0) is 16.4. The maximum atomic E-state index is 6.03. The summed E-state index contributed by atoms with van der Waals surface area (Å²) in [6, 6.07) is 31.6. The average molecular weight is 312 g/mol. The molecule has 118 valence electrons. The third kappa shape index (κ3) is 2.91. The second kappa shape index (κ2) is 6.46. The van der Waals surface area contributed by atoms with Crippen LogP contribution in [0.1, 0.15) is 29.7 Å². The third-order valence-electron chi connectivity index (χ3n) is 4.57. The lowest BCUT2D eigenvalue weighted by Crippen LogP contribution is -1.99. The first-order valence-corrected chi connectivity index (χ1v) is 8.36. The van der Waals surface area contributed by atoms with Crippen LogP contribution >= 0.6 is 0 Å². The fourth-order valence-electron chi connectivity index (χ4n) is 3.31. The van der Waals surface area contributed by atoms with Gasteiger partial charge in [-0.15, -0.1) is 0 Å². The van der Waals surface area contributed by atoms with Crippen molar-refractivity contribution in [3.05, 3.63) is 113 Å². The first kappa shape index (κ1) is 14.9. The number of hydrogen-bond donors (Lipinski definition) is 0. The van der Waals surface area contributed by atoms with E-state index in [4.69, 9.17) is 4.74 Å². The highest BCUT2D eigenvalue weighted by atomic mass is 16.6. The van der Waals surface area contributed by atoms with Crippen LogP contribution in [0, 0.1) is 0 Å². The Labute approximate surface area is 143 Å². The van der Waals surface area contributed by atoms with Gasteiger partial charge in [0.15, 0.2) is 0 Å². The van der Waals surface area contributed by atoms with Crippen LogP contribution in [0.15, 0.2) is 96.6 Å². The molecule has 0 radical (unpaired) electrons. The van der Waals surface area contributed by atoms with Crippen LogP contribution in [0.4, 0.5) is 0 Å². The Morgan fingerprint density at radius 2 is 1.12 bits per heavy atom. The van der Waals surface area contributed by atoms with E-state index in [0.29, 0.717) is 0 Å². The lowest BCUT2D eigenvalue weighted by molar-refractivity contribution is 0.389. The van der Waals surface area contributed by atoms with Crippen molar-refractivity contribution >= 4 is 5.57 Å². The maximum Gasteiger partial charge on any atom is 0.113 e. The predicted octanol–water partition coefficient (Wildman–Crippen LogP) is 5.65. The molecule has 1 aliphatic heterocycles. The van der Waals surface area contributed by atoms with Crippen LogP contribution in [0.5, 0.6) is 0 Å². The van der Waals surface area contributed by atoms with Crippen LogP contribution in [0.2, 0.25) is 0 Å². The molecule has 1 heterocycles. The summed E-state index contributed by atoms with van der Waals surface area (Å²) in [5, 5.41) is 0. The molecule has 1 fully saturated rings. The van der Waals surface area contributed by atoms with Gasteiger partial charge in [-0.3, -0.25) is 0 Å². The fourth-order valence-corrected chi connectivity index (χ4v) is 3.31. The largest absolute Gasteiger partial charge is 0.360 e. The number of rotatable bonds is 4. The van der Waals surface area contributed by atoms with Gasteiger partial charge in [0.05, 0.1) is 0 Å². The van der Waals surface area contributed by atoms with Crippen molar-refractivity contribution < 1.29 is 4.74 Å². The van der Waals surface area contributed by atoms with Crippen LogP contribution in [-0.4, -0.2) is 6.10 Å². The van der Waals surface area contributed by atoms with Crippen molar-refractivity contribution in [1.82, 2.24) is 0 Å². The van der Waals surface area contributed by atoms with Crippen molar-refractivity contribution in [2.75, 3.05) is 0 Å². The smallest absolute Gasteiger partial charge is 0.113 e. The summed E-state index contributed by atoms with van der Waals surface area (Å²) in [7, 11) is 0. The van der Waals surface area contributed by atoms with Gasteiger partial charge < -0.3 is 4.74 Å². The van der Waals surface area contributed by atoms with Crippen LogP contribution in [-0.2, 0) is 4.74 Å². The SMILES string of the molecule is CC(=C(c1ccccc1)c1ccccc1)[C@@H]1O[C@@H]1c1ccccc1. The summed E-state index contributed by atoms with van der Waals surface area (Å²) in [6.45, 7) is 2.20. The molecule has 1 saturated heterocycles. The molecule has 1 heteroatoms. The van der Waals surface area contributed by atoms with Gasteiger partial charge in [-0.1, -0.05) is 91.0 Å². The van der Waals surface area contributed by atoms with Gasteiger partial charge in [0.1, 0.15) is 12.2 Å². The minimum atomic E-state index is 0.155. The molecule has 0 aromatic heterocycles. The first-order valence-electron chi connectivity index (χ1n) is 8.36. The second-order valence-corrected chi connectivity index (χ2v) is 6.18. The van der Waals surface area contributed by atoms with Crippen LogP contribution in [0.25, 0.3) is 5.57 Å². The Hall–Kier alpha value is -2.64. The van der Waals surface area contributed by atoms with E-state index in [1.54, 1.807) is 0 Å². The molecule has 3 aromatic rings. The van der Waals surface area contributed by atoms with Gasteiger partial charge in [-0.05, 0) is 34.8 Å². The fraction of sp³-hybridized carbons (Fsp3) is 0.130. The van der Waals surface area contributed by atoms with Gasteiger partial charge in [0.25, 0.3) is 0 Å². The first-order chi connectivity index (χ1) is 11.8. The highest BCUT2D eigenvalue weighted by Gasteiger charge is 2.42. The topological polar surface area (TPSA) is 12.5 Å². The summed E-state index contributed by atoms with van der Waals surface area (Å²) in [4.78, 5) is 0. The van der Waals surface area contributed by atoms with E-state index in [0.717, 1.165) is 0 Å². The normalized spacial score (nSPS) is 18.9. The van der Waals surface area contributed by atoms with E-state index >= 15 is 0 Å². The molecule has 1 nitrogen and oxygen atoms in total. The van der Waals surface area contributed by atoms with Crippen molar-refractivity contribution in [2.24, 2.45) is 0 Å². The van der Waals surface area contributed by atoms with Crippen molar-refractivity contribution in [1.29, 1.82) is 0 Å². The van der Waals surface area contributed by atoms with Crippen molar-refractivity contribution in [2.45, 2.75) is 19.1 Å². The monoisotopic (exact) mass is 312 g/mol. The molecule has 0 N–H and O–H groups in total. The molecule has 2 atom stereocenters. The Bertz CT molecular complexity index is 793. The summed E-state index contributed by atoms with van der Waals surface area (Å²) in [5.41, 5.74) is 6.30. The van der Waals surface area contributed by atoms with Gasteiger partial charge >= 0.3 is 0 Å². The molecule has 0 saturated carbocycles. The van der Waals surface area contributed by atoms with E-state index in [1.807, 2.05) is 6.07 Å². The molecule has 0 spiro atoms. The molecule has 0 bridgehead atoms. The quantitative estimate of drug-likeness (QED) is 0.567. The van der Waals surface area contributed by atoms with E-state index in [2.05, 4.69) is 91.9 Å². The lowest BCUT2D eigenvalue weighted by Gasteiger charge is -2.12. The van der Waals surface area contributed by atoms with E-state index in [-0.39, 0.29) is 12.2 Å². The average Bonchev–Trinajstić information content (AvgIpc) is 3.45. The maximum absolute atomic E-state index is 6.03. The number of benzene rings is 3. The van der Waals surface area contributed by atoms with Crippen molar-refractivity contribution in [3.63, 3.8) is 0 Å². The van der Waals surface area contributed by atoms with E-state index in [1.165, 1.54) is 27.8 Å². The molecular weight excluding hydrogens is 292 g/mol. The Kier molecular flexibility index (Phi) is 4.02. The number of hydrogen-bond acceptors (Lipinski definition) is 1. The third-order valence-corrected chi connectivity index (χ3v) is 4.57. The number of ether oxygens (including phenoxy) is 1. The lowest BCUT2D eigenvalue weighted by atomic mass is 9.91. The highest BCUT2D eigenvalue weighted by Crippen LogP contribution is 2.46. The number of epoxide rings is 1. The summed E-state index contributed by atoms with van der Waals surface area (Å²) in [5.74, 6) is 0. The molecule has 0 unspecified atom stereocenters. The summed E-state index contributed by atoms with van der Waals surface area (Å²) >= 11 is 0. The van der Waals surface area contributed by atoms with Gasteiger partial charge in [-0.2, -0.15) is 0 Å². The summed E-state index contributed by atoms with van der Waals surface area (Å²) < 4.78 is 6.03. The molecule has 0 aliphatic carbocycles. The molecule has 0 amide bonds. The Balaban J connectivity index is 1.75. The molecule has 24 heavy (non-hydrogen) atoms. The van der Waals surface area contributed by atoms with Gasteiger partial charge in [-0.25, -0.2) is 0 Å². The van der Waals surface area contributed by atoms with Crippen molar-refractivity contribution in [3.8, 4) is 0 Å².